The standard InChI is InChI=1S/C10H15NO2/c1-5-8-6(2)11-7(3)9(8)10(12)13-4/h11H,5H2,1-4H3. The Morgan fingerprint density at radius 3 is 2.46 bits per heavy atom. The number of hydrogen-bond donors (Lipinski definition) is 1. The summed E-state index contributed by atoms with van der Waals surface area (Å²) in [5.74, 6) is -0.251. The van der Waals surface area contributed by atoms with Gasteiger partial charge in [-0.25, -0.2) is 4.79 Å². The van der Waals surface area contributed by atoms with Crippen molar-refractivity contribution >= 4 is 5.97 Å². The fraction of sp³-hybridized carbons (Fsp3) is 0.500. The van der Waals surface area contributed by atoms with Crippen molar-refractivity contribution < 1.29 is 9.53 Å². The summed E-state index contributed by atoms with van der Waals surface area (Å²) in [7, 11) is 1.41. The van der Waals surface area contributed by atoms with Crippen molar-refractivity contribution in [2.75, 3.05) is 7.11 Å². The van der Waals surface area contributed by atoms with Crippen LogP contribution in [-0.2, 0) is 11.2 Å². The first kappa shape index (κ1) is 9.84. The number of methoxy groups -OCH3 is 1. The molecular weight excluding hydrogens is 166 g/mol. The van der Waals surface area contributed by atoms with Crippen LogP contribution >= 0.6 is 0 Å². The highest BCUT2D eigenvalue weighted by Crippen LogP contribution is 2.19. The van der Waals surface area contributed by atoms with E-state index in [1.807, 2.05) is 20.8 Å². The maximum atomic E-state index is 11.4. The molecule has 1 heterocycles. The molecule has 72 valence electrons. The van der Waals surface area contributed by atoms with Crippen molar-refractivity contribution in [1.29, 1.82) is 0 Å². The lowest BCUT2D eigenvalue weighted by Crippen LogP contribution is -2.04. The van der Waals surface area contributed by atoms with Crippen molar-refractivity contribution in [3.8, 4) is 0 Å². The lowest BCUT2D eigenvalue weighted by Gasteiger charge is -2.01. The highest BCUT2D eigenvalue weighted by molar-refractivity contribution is 5.92. The molecule has 0 bridgehead atoms. The number of esters is 1. The number of aryl methyl sites for hydroxylation is 2. The van der Waals surface area contributed by atoms with Gasteiger partial charge in [-0.3, -0.25) is 0 Å². The van der Waals surface area contributed by atoms with E-state index >= 15 is 0 Å². The Morgan fingerprint density at radius 1 is 1.38 bits per heavy atom. The zero-order valence-corrected chi connectivity index (χ0v) is 8.52. The van der Waals surface area contributed by atoms with Gasteiger partial charge in [0.2, 0.25) is 0 Å². The second kappa shape index (κ2) is 3.64. The topological polar surface area (TPSA) is 42.1 Å². The van der Waals surface area contributed by atoms with Crippen LogP contribution in [0.4, 0.5) is 0 Å². The Kier molecular flexibility index (Phi) is 2.76. The van der Waals surface area contributed by atoms with Crippen LogP contribution in [0.2, 0.25) is 0 Å². The lowest BCUT2D eigenvalue weighted by molar-refractivity contribution is 0.0599. The van der Waals surface area contributed by atoms with Crippen molar-refractivity contribution in [2.24, 2.45) is 0 Å². The summed E-state index contributed by atoms with van der Waals surface area (Å²) in [6, 6.07) is 0. The highest BCUT2D eigenvalue weighted by atomic mass is 16.5. The predicted molar refractivity (Wildman–Crippen MR) is 51.0 cm³/mol. The number of hydrogen-bond acceptors (Lipinski definition) is 2. The molecule has 0 aromatic carbocycles. The molecule has 0 saturated heterocycles. The van der Waals surface area contributed by atoms with E-state index in [0.717, 1.165) is 23.4 Å². The predicted octanol–water partition coefficient (Wildman–Crippen LogP) is 1.98. The van der Waals surface area contributed by atoms with E-state index in [1.165, 1.54) is 7.11 Å². The highest BCUT2D eigenvalue weighted by Gasteiger charge is 2.17. The molecule has 1 N–H and O–H groups in total. The molecule has 0 amide bonds. The molecule has 0 unspecified atom stereocenters. The minimum Gasteiger partial charge on any atom is -0.465 e. The Balaban J connectivity index is 3.24. The molecule has 0 spiro atoms. The molecule has 0 atom stereocenters. The average Bonchev–Trinajstić information content (AvgIpc) is 2.39. The Labute approximate surface area is 78.1 Å². The summed E-state index contributed by atoms with van der Waals surface area (Å²) in [5.41, 5.74) is 3.70. The number of rotatable bonds is 2. The molecule has 3 heteroatoms. The zero-order chi connectivity index (χ0) is 10.0. The number of H-pyrrole nitrogens is 1. The first-order valence-electron chi connectivity index (χ1n) is 4.38. The zero-order valence-electron chi connectivity index (χ0n) is 8.52. The molecule has 1 aromatic heterocycles. The van der Waals surface area contributed by atoms with Crippen molar-refractivity contribution in [3.05, 3.63) is 22.5 Å². The van der Waals surface area contributed by atoms with Crippen LogP contribution in [0.15, 0.2) is 0 Å². The van der Waals surface area contributed by atoms with Gasteiger partial charge >= 0.3 is 5.97 Å². The number of carbonyl (C=O) groups excluding carboxylic acids is 1. The third kappa shape index (κ3) is 1.59. The summed E-state index contributed by atoms with van der Waals surface area (Å²) < 4.78 is 4.71. The molecule has 0 fully saturated rings. The molecule has 1 aromatic rings. The van der Waals surface area contributed by atoms with Crippen LogP contribution in [0.3, 0.4) is 0 Å². The maximum absolute atomic E-state index is 11.4. The summed E-state index contributed by atoms with van der Waals surface area (Å²) >= 11 is 0. The molecule has 0 saturated carbocycles. The van der Waals surface area contributed by atoms with Crippen LogP contribution < -0.4 is 0 Å². The van der Waals surface area contributed by atoms with Gasteiger partial charge in [-0.2, -0.15) is 0 Å². The Bertz CT molecular complexity index is 326. The normalized spacial score (nSPS) is 10.2. The van der Waals surface area contributed by atoms with Gasteiger partial charge in [-0.15, -0.1) is 0 Å². The van der Waals surface area contributed by atoms with E-state index in [0.29, 0.717) is 5.56 Å². The largest absolute Gasteiger partial charge is 0.465 e. The van der Waals surface area contributed by atoms with E-state index in [1.54, 1.807) is 0 Å². The molecular formula is C10H15NO2. The second-order valence-electron chi connectivity index (χ2n) is 3.07. The summed E-state index contributed by atoms with van der Waals surface area (Å²) in [4.78, 5) is 14.5. The van der Waals surface area contributed by atoms with Crippen molar-refractivity contribution in [3.63, 3.8) is 0 Å². The fourth-order valence-electron chi connectivity index (χ4n) is 1.65. The average molecular weight is 181 g/mol. The van der Waals surface area contributed by atoms with Crippen LogP contribution in [0.25, 0.3) is 0 Å². The van der Waals surface area contributed by atoms with E-state index in [2.05, 4.69) is 4.98 Å². The number of ether oxygens (including phenoxy) is 1. The number of aromatic nitrogens is 1. The summed E-state index contributed by atoms with van der Waals surface area (Å²) in [5, 5.41) is 0. The molecule has 0 aliphatic carbocycles. The fourth-order valence-corrected chi connectivity index (χ4v) is 1.65. The number of nitrogens with one attached hydrogen (secondary N) is 1. The minimum absolute atomic E-state index is 0.251. The van der Waals surface area contributed by atoms with E-state index < -0.39 is 0 Å². The van der Waals surface area contributed by atoms with Crippen LogP contribution in [0.5, 0.6) is 0 Å². The molecule has 0 radical (unpaired) electrons. The van der Waals surface area contributed by atoms with Crippen molar-refractivity contribution in [1.82, 2.24) is 4.98 Å². The molecule has 13 heavy (non-hydrogen) atoms. The van der Waals surface area contributed by atoms with Gasteiger partial charge < -0.3 is 9.72 Å². The van der Waals surface area contributed by atoms with E-state index in [4.69, 9.17) is 4.74 Å². The summed E-state index contributed by atoms with van der Waals surface area (Å²) in [6.45, 7) is 5.89. The van der Waals surface area contributed by atoms with E-state index in [-0.39, 0.29) is 5.97 Å². The first-order chi connectivity index (χ1) is 6.11. The first-order valence-corrected chi connectivity index (χ1v) is 4.38. The van der Waals surface area contributed by atoms with Gasteiger partial charge in [-0.05, 0) is 25.8 Å². The van der Waals surface area contributed by atoms with Gasteiger partial charge in [0, 0.05) is 11.4 Å². The molecule has 0 aliphatic heterocycles. The van der Waals surface area contributed by atoms with Gasteiger partial charge in [0.15, 0.2) is 0 Å². The Morgan fingerprint density at radius 2 is 2.00 bits per heavy atom. The van der Waals surface area contributed by atoms with E-state index in [9.17, 15) is 4.79 Å². The van der Waals surface area contributed by atoms with Crippen LogP contribution in [-0.4, -0.2) is 18.1 Å². The number of carbonyl (C=O) groups is 1. The van der Waals surface area contributed by atoms with Crippen LogP contribution in [0, 0.1) is 13.8 Å². The quantitative estimate of drug-likeness (QED) is 0.709. The monoisotopic (exact) mass is 181 g/mol. The third-order valence-corrected chi connectivity index (χ3v) is 2.25. The minimum atomic E-state index is -0.251. The third-order valence-electron chi connectivity index (χ3n) is 2.25. The van der Waals surface area contributed by atoms with Crippen molar-refractivity contribution in [2.45, 2.75) is 27.2 Å². The van der Waals surface area contributed by atoms with Crippen LogP contribution in [0.1, 0.15) is 34.2 Å². The second-order valence-corrected chi connectivity index (χ2v) is 3.07. The smallest absolute Gasteiger partial charge is 0.339 e. The number of aromatic amines is 1. The Hall–Kier alpha value is -1.25. The van der Waals surface area contributed by atoms with Gasteiger partial charge in [0.05, 0.1) is 12.7 Å². The lowest BCUT2D eigenvalue weighted by atomic mass is 10.1. The molecule has 0 aliphatic rings. The van der Waals surface area contributed by atoms with Gasteiger partial charge in [0.25, 0.3) is 0 Å². The van der Waals surface area contributed by atoms with Gasteiger partial charge in [0.1, 0.15) is 0 Å². The molecule has 3 nitrogen and oxygen atoms in total. The SMILES string of the molecule is CCc1c(C)[nH]c(C)c1C(=O)OC. The summed E-state index contributed by atoms with van der Waals surface area (Å²) in [6.07, 6.45) is 0.848. The molecule has 1 rings (SSSR count). The van der Waals surface area contributed by atoms with Gasteiger partial charge in [-0.1, -0.05) is 6.92 Å². The maximum Gasteiger partial charge on any atom is 0.339 e.